The highest BCUT2D eigenvalue weighted by Gasteiger charge is 2.24. The summed E-state index contributed by atoms with van der Waals surface area (Å²) in [7, 11) is 0. The number of halogens is 1. The summed E-state index contributed by atoms with van der Waals surface area (Å²) in [6.45, 7) is 27.4. The quantitative estimate of drug-likeness (QED) is 0.250. The van der Waals surface area contributed by atoms with Crippen LogP contribution in [-0.4, -0.2) is 9.97 Å². The Balaban J connectivity index is 1.85. The molecule has 2 aromatic heterocycles. The lowest BCUT2D eigenvalue weighted by molar-refractivity contribution is 0.288. The number of alkyl halides is 1. The molecule has 0 aliphatic heterocycles. The normalized spacial score (nSPS) is 12.9. The van der Waals surface area contributed by atoms with E-state index in [-0.39, 0.29) is 21.7 Å². The zero-order valence-electron chi connectivity index (χ0n) is 26.8. The molecule has 0 spiro atoms. The zero-order chi connectivity index (χ0) is 30.1. The molecule has 4 nitrogen and oxygen atoms in total. The first kappa shape index (κ1) is 32.1. The maximum absolute atomic E-state index is 6.35. The van der Waals surface area contributed by atoms with Crippen molar-refractivity contribution < 1.29 is 9.47 Å². The minimum Gasteiger partial charge on any atom is -0.489 e. The van der Waals surface area contributed by atoms with Crippen molar-refractivity contribution in [3.8, 4) is 11.5 Å². The van der Waals surface area contributed by atoms with Gasteiger partial charge in [-0.1, -0.05) is 99.0 Å². The molecule has 0 unspecified atom stereocenters. The molecule has 218 valence electrons. The van der Waals surface area contributed by atoms with Gasteiger partial charge in [0.1, 0.15) is 24.7 Å². The molecule has 5 heteroatoms. The Labute approximate surface area is 251 Å². The monoisotopic (exact) mass is 608 g/mol. The van der Waals surface area contributed by atoms with E-state index in [0.717, 1.165) is 56.3 Å². The van der Waals surface area contributed by atoms with Gasteiger partial charge in [-0.15, -0.1) is 0 Å². The second-order valence-corrected chi connectivity index (χ2v) is 15.6. The number of rotatable bonds is 7. The molecule has 0 saturated carbocycles. The van der Waals surface area contributed by atoms with Gasteiger partial charge in [0.25, 0.3) is 0 Å². The van der Waals surface area contributed by atoms with E-state index in [9.17, 15) is 0 Å². The summed E-state index contributed by atoms with van der Waals surface area (Å²) in [6.07, 6.45) is 0. The number of pyridine rings is 2. The van der Waals surface area contributed by atoms with Crippen LogP contribution in [0.15, 0.2) is 42.5 Å². The largest absolute Gasteiger partial charge is 0.489 e. The Morgan fingerprint density at radius 2 is 0.775 bits per heavy atom. The van der Waals surface area contributed by atoms with Crippen molar-refractivity contribution in [2.45, 2.75) is 123 Å². The lowest BCUT2D eigenvalue weighted by atomic mass is 9.86. The predicted molar refractivity (Wildman–Crippen MR) is 171 cm³/mol. The lowest BCUT2D eigenvalue weighted by Crippen LogP contribution is -2.21. The summed E-state index contributed by atoms with van der Waals surface area (Å²) < 4.78 is 12.7. The van der Waals surface area contributed by atoms with E-state index in [1.165, 1.54) is 0 Å². The summed E-state index contributed by atoms with van der Waals surface area (Å²) in [5, 5.41) is 0.718. The third-order valence-corrected chi connectivity index (χ3v) is 7.40. The highest BCUT2D eigenvalue weighted by Crippen LogP contribution is 2.31. The summed E-state index contributed by atoms with van der Waals surface area (Å²) in [4.78, 5) is 9.96. The fourth-order valence-electron chi connectivity index (χ4n) is 4.09. The molecule has 3 rings (SSSR count). The van der Waals surface area contributed by atoms with Gasteiger partial charge in [0.05, 0.1) is 0 Å². The van der Waals surface area contributed by atoms with Gasteiger partial charge in [0.2, 0.25) is 0 Å². The van der Waals surface area contributed by atoms with Crippen LogP contribution >= 0.6 is 15.9 Å². The molecule has 0 fully saturated rings. The van der Waals surface area contributed by atoms with Crippen molar-refractivity contribution in [3.05, 3.63) is 81.9 Å². The summed E-state index contributed by atoms with van der Waals surface area (Å²) in [5.74, 6) is 1.58. The predicted octanol–water partition coefficient (Wildman–Crippen LogP) is 9.72. The molecule has 0 bridgehead atoms. The van der Waals surface area contributed by atoms with Gasteiger partial charge in [-0.25, -0.2) is 0 Å². The molecule has 0 amide bonds. The SMILES string of the molecule is CC(C)(C)c1cc(COc2cc(CBr)cc(OCc3cc(C(C)(C)C)nc(C(C)(C)C)c3)c2)cc(C(C)(C)C)n1. The molecule has 2 heterocycles. The molecule has 3 aromatic rings. The maximum atomic E-state index is 6.35. The standard InChI is InChI=1S/C35H49BrN2O2/c1-32(2,3)28-15-24(16-29(37-28)33(4,5)6)21-39-26-13-23(20-36)14-27(19-26)40-22-25-17-30(34(7,8)9)38-31(18-25)35(10,11)12/h13-19H,20-22H2,1-12H3. The first-order valence-corrected chi connectivity index (χ1v) is 15.4. The van der Waals surface area contributed by atoms with Crippen LogP contribution in [-0.2, 0) is 40.2 Å². The molecule has 0 saturated heterocycles. The molecular weight excluding hydrogens is 560 g/mol. The number of aromatic nitrogens is 2. The highest BCUT2D eigenvalue weighted by atomic mass is 79.9. The van der Waals surface area contributed by atoms with Gasteiger partial charge in [-0.2, -0.15) is 0 Å². The third kappa shape index (κ3) is 8.80. The molecule has 0 radical (unpaired) electrons. The Kier molecular flexibility index (Phi) is 9.50. The van der Waals surface area contributed by atoms with Crippen molar-refractivity contribution in [2.75, 3.05) is 0 Å². The number of benzene rings is 1. The van der Waals surface area contributed by atoms with E-state index < -0.39 is 0 Å². The van der Waals surface area contributed by atoms with E-state index in [1.54, 1.807) is 0 Å². The van der Waals surface area contributed by atoms with E-state index in [2.05, 4.69) is 135 Å². The van der Waals surface area contributed by atoms with Gasteiger partial charge < -0.3 is 9.47 Å². The molecule has 40 heavy (non-hydrogen) atoms. The average Bonchev–Trinajstić information content (AvgIpc) is 2.83. The van der Waals surface area contributed by atoms with Gasteiger partial charge in [-0.05, 0) is 53.1 Å². The molecular formula is C35H49BrN2O2. The van der Waals surface area contributed by atoms with Crippen LogP contribution in [0, 0.1) is 0 Å². The molecule has 0 N–H and O–H groups in total. The topological polar surface area (TPSA) is 44.2 Å². The maximum Gasteiger partial charge on any atom is 0.123 e. The first-order chi connectivity index (χ1) is 18.3. The number of ether oxygens (including phenoxy) is 2. The van der Waals surface area contributed by atoms with E-state index in [4.69, 9.17) is 19.4 Å². The number of hydrogen-bond donors (Lipinski definition) is 0. The van der Waals surface area contributed by atoms with Crippen molar-refractivity contribution in [1.82, 2.24) is 9.97 Å². The van der Waals surface area contributed by atoms with Crippen molar-refractivity contribution in [2.24, 2.45) is 0 Å². The Bertz CT molecular complexity index is 1160. The summed E-state index contributed by atoms with van der Waals surface area (Å²) >= 11 is 3.62. The Morgan fingerprint density at radius 1 is 0.475 bits per heavy atom. The third-order valence-electron chi connectivity index (χ3n) is 6.75. The molecule has 0 aliphatic rings. The summed E-state index contributed by atoms with van der Waals surface area (Å²) in [5.41, 5.74) is 7.51. The van der Waals surface area contributed by atoms with Crippen molar-refractivity contribution >= 4 is 15.9 Å². The van der Waals surface area contributed by atoms with Crippen molar-refractivity contribution in [1.29, 1.82) is 0 Å². The molecule has 1 aromatic carbocycles. The molecule has 0 atom stereocenters. The second-order valence-electron chi connectivity index (χ2n) is 15.0. The van der Waals surface area contributed by atoms with E-state index in [1.807, 2.05) is 6.07 Å². The van der Waals surface area contributed by atoms with E-state index in [0.29, 0.717) is 13.2 Å². The highest BCUT2D eigenvalue weighted by molar-refractivity contribution is 9.08. The van der Waals surface area contributed by atoms with Gasteiger partial charge in [0, 0.05) is 55.8 Å². The van der Waals surface area contributed by atoms with Crippen LogP contribution < -0.4 is 9.47 Å². The number of hydrogen-bond acceptors (Lipinski definition) is 4. The minimum atomic E-state index is -0.0421. The van der Waals surface area contributed by atoms with Crippen LogP contribution in [0.4, 0.5) is 0 Å². The van der Waals surface area contributed by atoms with Gasteiger partial charge >= 0.3 is 0 Å². The number of nitrogens with zero attached hydrogens (tertiary/aromatic N) is 2. The Morgan fingerprint density at radius 3 is 1.02 bits per heavy atom. The van der Waals surface area contributed by atoms with Crippen LogP contribution in [0.5, 0.6) is 11.5 Å². The van der Waals surface area contributed by atoms with Gasteiger partial charge in [-0.3, -0.25) is 9.97 Å². The lowest BCUT2D eigenvalue weighted by Gasteiger charge is -2.25. The zero-order valence-corrected chi connectivity index (χ0v) is 28.3. The van der Waals surface area contributed by atoms with Crippen molar-refractivity contribution in [3.63, 3.8) is 0 Å². The summed E-state index contributed by atoms with van der Waals surface area (Å²) in [6, 6.07) is 14.8. The smallest absolute Gasteiger partial charge is 0.123 e. The minimum absolute atomic E-state index is 0.0421. The average molecular weight is 610 g/mol. The Hall–Kier alpha value is -2.40. The van der Waals surface area contributed by atoms with Crippen LogP contribution in [0.1, 0.15) is 123 Å². The van der Waals surface area contributed by atoms with Crippen LogP contribution in [0.3, 0.4) is 0 Å². The molecule has 0 aliphatic carbocycles. The van der Waals surface area contributed by atoms with Crippen LogP contribution in [0.2, 0.25) is 0 Å². The van der Waals surface area contributed by atoms with E-state index >= 15 is 0 Å². The first-order valence-electron chi connectivity index (χ1n) is 14.2. The second kappa shape index (κ2) is 11.8. The fourth-order valence-corrected chi connectivity index (χ4v) is 4.41. The fraction of sp³-hybridized carbons (Fsp3) is 0.543. The van der Waals surface area contributed by atoms with Crippen LogP contribution in [0.25, 0.3) is 0 Å². The van der Waals surface area contributed by atoms with Gasteiger partial charge in [0.15, 0.2) is 0 Å².